The average molecular weight is 386 g/mol. The molecule has 0 bridgehead atoms. The van der Waals surface area contributed by atoms with Crippen molar-refractivity contribution in [1.82, 2.24) is 20.2 Å². The number of aromatic nitrogens is 2. The Kier molecular flexibility index (Phi) is 7.78. The van der Waals surface area contributed by atoms with Crippen LogP contribution in [0, 0.1) is 5.92 Å². The lowest BCUT2D eigenvalue weighted by Crippen LogP contribution is -2.46. The topological polar surface area (TPSA) is 61.4 Å². The first-order valence-electron chi connectivity index (χ1n) is 8.83. The summed E-state index contributed by atoms with van der Waals surface area (Å²) in [5.74, 6) is 1.53. The maximum absolute atomic E-state index is 12.0. The Morgan fingerprint density at radius 3 is 2.56 bits per heavy atom. The van der Waals surface area contributed by atoms with Crippen molar-refractivity contribution in [2.75, 3.05) is 43.4 Å². The molecule has 1 saturated heterocycles. The molecule has 1 aliphatic heterocycles. The lowest BCUT2D eigenvalue weighted by atomic mass is 10.1. The summed E-state index contributed by atoms with van der Waals surface area (Å²) in [6.45, 7) is 13.3. The predicted octanol–water partition coefficient (Wildman–Crippen LogP) is 2.52. The van der Waals surface area contributed by atoms with E-state index in [1.165, 1.54) is 11.8 Å². The summed E-state index contributed by atoms with van der Waals surface area (Å²) < 4.78 is 0. The monoisotopic (exact) mass is 385 g/mol. The molecule has 1 aromatic heterocycles. The van der Waals surface area contributed by atoms with Gasteiger partial charge in [-0.3, -0.25) is 4.79 Å². The molecule has 25 heavy (non-hydrogen) atoms. The molecule has 1 unspecified atom stereocenters. The lowest BCUT2D eigenvalue weighted by Gasteiger charge is -2.34. The van der Waals surface area contributed by atoms with Crippen LogP contribution < -0.4 is 10.2 Å². The van der Waals surface area contributed by atoms with Crippen LogP contribution >= 0.6 is 23.4 Å². The fourth-order valence-corrected chi connectivity index (χ4v) is 3.39. The summed E-state index contributed by atoms with van der Waals surface area (Å²) >= 11 is 7.49. The number of halogens is 1. The number of hydrogen-bond donors (Lipinski definition) is 1. The predicted molar refractivity (Wildman–Crippen MR) is 105 cm³/mol. The number of likely N-dealkylation sites (N-methyl/N-ethyl adjacent to an activating group) is 1. The number of amides is 1. The van der Waals surface area contributed by atoms with Gasteiger partial charge < -0.3 is 15.1 Å². The second-order valence-corrected chi connectivity index (χ2v) is 7.97. The molecule has 1 atom stereocenters. The van der Waals surface area contributed by atoms with Gasteiger partial charge in [0.15, 0.2) is 5.16 Å². The van der Waals surface area contributed by atoms with E-state index in [1.54, 1.807) is 6.07 Å². The molecule has 140 valence electrons. The number of carbonyl (C=O) groups is 1. The highest BCUT2D eigenvalue weighted by molar-refractivity contribution is 7.99. The van der Waals surface area contributed by atoms with Crippen LogP contribution in [0.15, 0.2) is 11.2 Å². The number of rotatable bonds is 7. The number of anilines is 1. The van der Waals surface area contributed by atoms with Gasteiger partial charge in [0.2, 0.25) is 5.91 Å². The van der Waals surface area contributed by atoms with Crippen molar-refractivity contribution >= 4 is 35.1 Å². The van der Waals surface area contributed by atoms with Crippen molar-refractivity contribution in [3.05, 3.63) is 11.2 Å². The van der Waals surface area contributed by atoms with Gasteiger partial charge in [-0.25, -0.2) is 9.97 Å². The number of carbonyl (C=O) groups excluding carboxylic acids is 1. The Bertz CT molecular complexity index is 578. The van der Waals surface area contributed by atoms with Crippen molar-refractivity contribution in [2.45, 2.75) is 38.9 Å². The summed E-state index contributed by atoms with van der Waals surface area (Å²) in [6, 6.07) is 1.95. The number of hydrogen-bond acceptors (Lipinski definition) is 6. The maximum Gasteiger partial charge on any atom is 0.230 e. The standard InChI is InChI=1S/C17H28ClN5OS/c1-5-22-6-8-23(9-7-22)15-10-14(18)20-17(21-15)25-11-16(24)19-13(4)12(2)3/h10,12-13H,5-9,11H2,1-4H3,(H,19,24). The van der Waals surface area contributed by atoms with E-state index >= 15 is 0 Å². The largest absolute Gasteiger partial charge is 0.354 e. The molecule has 0 spiro atoms. The van der Waals surface area contributed by atoms with E-state index in [0.717, 1.165) is 38.5 Å². The first kappa shape index (κ1) is 20.3. The van der Waals surface area contributed by atoms with Crippen LogP contribution in [0.3, 0.4) is 0 Å². The first-order valence-corrected chi connectivity index (χ1v) is 10.2. The first-order chi connectivity index (χ1) is 11.9. The van der Waals surface area contributed by atoms with Gasteiger partial charge in [0.05, 0.1) is 5.75 Å². The molecule has 1 aliphatic rings. The van der Waals surface area contributed by atoms with Gasteiger partial charge in [-0.05, 0) is 19.4 Å². The Labute approximate surface area is 159 Å². The summed E-state index contributed by atoms with van der Waals surface area (Å²) in [6.07, 6.45) is 0. The normalized spacial score (nSPS) is 17.0. The second-order valence-electron chi connectivity index (χ2n) is 6.64. The van der Waals surface area contributed by atoms with E-state index < -0.39 is 0 Å². The summed E-state index contributed by atoms with van der Waals surface area (Å²) in [5, 5.41) is 3.96. The maximum atomic E-state index is 12.0. The molecule has 1 fully saturated rings. The van der Waals surface area contributed by atoms with Gasteiger partial charge in [-0.2, -0.15) is 0 Å². The molecular formula is C17H28ClN5OS. The van der Waals surface area contributed by atoms with Crippen LogP contribution in [-0.2, 0) is 4.79 Å². The van der Waals surface area contributed by atoms with E-state index in [-0.39, 0.29) is 11.9 Å². The Morgan fingerprint density at radius 1 is 1.28 bits per heavy atom. The third kappa shape index (κ3) is 6.31. The highest BCUT2D eigenvalue weighted by Crippen LogP contribution is 2.22. The summed E-state index contributed by atoms with van der Waals surface area (Å²) in [5.41, 5.74) is 0. The number of nitrogens with one attached hydrogen (secondary N) is 1. The molecule has 0 aliphatic carbocycles. The molecule has 2 heterocycles. The van der Waals surface area contributed by atoms with Gasteiger partial charge in [0, 0.05) is 38.3 Å². The third-order valence-corrected chi connectivity index (χ3v) is 5.57. The van der Waals surface area contributed by atoms with Gasteiger partial charge in [-0.15, -0.1) is 0 Å². The van der Waals surface area contributed by atoms with Crippen molar-refractivity contribution < 1.29 is 4.79 Å². The summed E-state index contributed by atoms with van der Waals surface area (Å²) in [4.78, 5) is 25.5. The fraction of sp³-hybridized carbons (Fsp3) is 0.706. The Balaban J connectivity index is 1.94. The van der Waals surface area contributed by atoms with Gasteiger partial charge in [0.1, 0.15) is 11.0 Å². The molecular weight excluding hydrogens is 358 g/mol. The van der Waals surface area contributed by atoms with Crippen LogP contribution in [0.25, 0.3) is 0 Å². The zero-order valence-electron chi connectivity index (χ0n) is 15.5. The molecule has 6 nitrogen and oxygen atoms in total. The van der Waals surface area contributed by atoms with Gasteiger partial charge >= 0.3 is 0 Å². The summed E-state index contributed by atoms with van der Waals surface area (Å²) in [7, 11) is 0. The van der Waals surface area contributed by atoms with Crippen molar-refractivity contribution in [2.24, 2.45) is 5.92 Å². The van der Waals surface area contributed by atoms with E-state index in [4.69, 9.17) is 11.6 Å². The van der Waals surface area contributed by atoms with E-state index in [0.29, 0.717) is 22.0 Å². The van der Waals surface area contributed by atoms with Crippen LogP contribution in [0.5, 0.6) is 0 Å². The smallest absolute Gasteiger partial charge is 0.230 e. The van der Waals surface area contributed by atoms with Crippen molar-refractivity contribution in [3.8, 4) is 0 Å². The minimum absolute atomic E-state index is 0.00659. The third-order valence-electron chi connectivity index (χ3n) is 4.53. The van der Waals surface area contributed by atoms with Crippen molar-refractivity contribution in [3.63, 3.8) is 0 Å². The van der Waals surface area contributed by atoms with Crippen LogP contribution in [0.4, 0.5) is 5.82 Å². The second kappa shape index (κ2) is 9.59. The number of nitrogens with zero attached hydrogens (tertiary/aromatic N) is 4. The van der Waals surface area contributed by atoms with E-state index in [9.17, 15) is 4.79 Å². The molecule has 1 N–H and O–H groups in total. The quantitative estimate of drug-likeness (QED) is 0.442. The Hall–Kier alpha value is -1.05. The zero-order valence-corrected chi connectivity index (χ0v) is 17.0. The van der Waals surface area contributed by atoms with Gasteiger partial charge in [0.25, 0.3) is 0 Å². The van der Waals surface area contributed by atoms with Gasteiger partial charge in [-0.1, -0.05) is 44.1 Å². The average Bonchev–Trinajstić information content (AvgIpc) is 2.59. The molecule has 8 heteroatoms. The highest BCUT2D eigenvalue weighted by Gasteiger charge is 2.19. The molecule has 0 radical (unpaired) electrons. The number of piperazine rings is 1. The lowest BCUT2D eigenvalue weighted by molar-refractivity contribution is -0.119. The Morgan fingerprint density at radius 2 is 1.96 bits per heavy atom. The van der Waals surface area contributed by atoms with Crippen LogP contribution in [-0.4, -0.2) is 65.3 Å². The zero-order chi connectivity index (χ0) is 18.4. The minimum atomic E-state index is -0.00659. The van der Waals surface area contributed by atoms with E-state index in [1.807, 2.05) is 6.92 Å². The van der Waals surface area contributed by atoms with Crippen molar-refractivity contribution in [1.29, 1.82) is 0 Å². The molecule has 1 amide bonds. The molecule has 2 rings (SSSR count). The molecule has 0 saturated carbocycles. The highest BCUT2D eigenvalue weighted by atomic mass is 35.5. The molecule has 1 aromatic rings. The van der Waals surface area contributed by atoms with Crippen LogP contribution in [0.2, 0.25) is 5.15 Å². The van der Waals surface area contributed by atoms with Crippen LogP contribution in [0.1, 0.15) is 27.7 Å². The fourth-order valence-electron chi connectivity index (χ4n) is 2.50. The molecule has 0 aromatic carbocycles. The number of thioether (sulfide) groups is 1. The SMILES string of the molecule is CCN1CCN(c2cc(Cl)nc(SCC(=O)NC(C)C(C)C)n2)CC1. The van der Waals surface area contributed by atoms with E-state index in [2.05, 4.69) is 45.9 Å². The minimum Gasteiger partial charge on any atom is -0.354 e.